The number of halogens is 3. The lowest BCUT2D eigenvalue weighted by Gasteiger charge is -2.07. The van der Waals surface area contributed by atoms with Crippen LogP contribution in [0.1, 0.15) is 0 Å². The second kappa shape index (κ2) is 5.22. The molecule has 84 valence electrons. The zero-order valence-electron chi connectivity index (χ0n) is 7.62. The van der Waals surface area contributed by atoms with Crippen molar-refractivity contribution in [1.29, 1.82) is 0 Å². The Morgan fingerprint density at radius 1 is 1.47 bits per heavy atom. The zero-order chi connectivity index (χ0) is 11.3. The number of nitrogens with two attached hydrogens (primary N) is 1. The molecule has 0 bridgehead atoms. The number of pyridine rings is 1. The van der Waals surface area contributed by atoms with Crippen molar-refractivity contribution >= 4 is 17.4 Å². The van der Waals surface area contributed by atoms with Gasteiger partial charge in [0.15, 0.2) is 0 Å². The fourth-order valence-corrected chi connectivity index (χ4v) is 1.43. The molecule has 0 radical (unpaired) electrons. The molecule has 2 N–H and O–H groups in total. The van der Waals surface area contributed by atoms with Gasteiger partial charge >= 0.3 is 6.18 Å². The average Bonchev–Trinajstić information content (AvgIpc) is 2.13. The van der Waals surface area contributed by atoms with Crippen LogP contribution < -0.4 is 5.73 Å². The smallest absolute Gasteiger partial charge is 0.397 e. The largest absolute Gasteiger partial charge is 0.411 e. The number of hydrogen-bond acceptors (Lipinski definition) is 4. The molecule has 0 saturated carbocycles. The highest BCUT2D eigenvalue weighted by Gasteiger charge is 2.27. The van der Waals surface area contributed by atoms with E-state index in [0.717, 1.165) is 11.8 Å². The Balaban J connectivity index is 2.30. The van der Waals surface area contributed by atoms with Gasteiger partial charge in [-0.2, -0.15) is 13.2 Å². The van der Waals surface area contributed by atoms with Crippen molar-refractivity contribution < 1.29 is 17.9 Å². The molecule has 0 saturated heterocycles. The quantitative estimate of drug-likeness (QED) is 0.496. The van der Waals surface area contributed by atoms with E-state index in [9.17, 15) is 13.2 Å². The molecule has 0 amide bonds. The second-order valence-electron chi connectivity index (χ2n) is 2.62. The van der Waals surface area contributed by atoms with E-state index in [1.54, 1.807) is 12.1 Å². The number of anilines is 1. The molecule has 0 aliphatic heterocycles. The van der Waals surface area contributed by atoms with Gasteiger partial charge in [0.25, 0.3) is 0 Å². The molecule has 0 atom stereocenters. The van der Waals surface area contributed by atoms with Crippen LogP contribution in [0.2, 0.25) is 0 Å². The maximum atomic E-state index is 11.7. The van der Waals surface area contributed by atoms with Gasteiger partial charge in [0.2, 0.25) is 0 Å². The number of ether oxygens (including phenoxy) is 1. The molecule has 1 aromatic heterocycles. The maximum Gasteiger partial charge on any atom is 0.411 e. The Labute approximate surface area is 88.8 Å². The van der Waals surface area contributed by atoms with Crippen LogP contribution in [-0.2, 0) is 4.74 Å². The van der Waals surface area contributed by atoms with Crippen LogP contribution in [-0.4, -0.2) is 23.7 Å². The molecular formula is C8H9F3N2OS. The summed E-state index contributed by atoms with van der Waals surface area (Å²) in [5.41, 5.74) is 5.96. The molecule has 3 nitrogen and oxygen atoms in total. The summed E-state index contributed by atoms with van der Waals surface area (Å²) in [4.78, 5) is 3.89. The van der Waals surface area contributed by atoms with Crippen molar-refractivity contribution in [2.45, 2.75) is 11.2 Å². The molecule has 0 aliphatic carbocycles. The van der Waals surface area contributed by atoms with E-state index >= 15 is 0 Å². The number of alkyl halides is 3. The van der Waals surface area contributed by atoms with Crippen LogP contribution in [0.4, 0.5) is 18.9 Å². The lowest BCUT2D eigenvalue weighted by Crippen LogP contribution is -2.16. The normalized spacial score (nSPS) is 11.7. The Kier molecular flexibility index (Phi) is 4.22. The minimum Gasteiger partial charge on any atom is -0.397 e. The first-order valence-corrected chi connectivity index (χ1v) is 4.95. The fourth-order valence-electron chi connectivity index (χ4n) is 0.779. The van der Waals surface area contributed by atoms with Crippen LogP contribution in [0.3, 0.4) is 0 Å². The van der Waals surface area contributed by atoms with Gasteiger partial charge in [0.05, 0.1) is 11.6 Å². The van der Waals surface area contributed by atoms with Crippen LogP contribution in [0, 0.1) is 0 Å². The SMILES string of the molecule is Nc1cccnc1SCOCC(F)(F)F. The number of thioether (sulfide) groups is 1. The van der Waals surface area contributed by atoms with Gasteiger partial charge in [-0.1, -0.05) is 11.8 Å². The number of rotatable bonds is 4. The third kappa shape index (κ3) is 4.89. The first-order chi connectivity index (χ1) is 6.99. The number of nitrogen functional groups attached to an aromatic ring is 1. The Morgan fingerprint density at radius 2 is 2.20 bits per heavy atom. The van der Waals surface area contributed by atoms with Crippen LogP contribution in [0.15, 0.2) is 23.4 Å². The highest BCUT2D eigenvalue weighted by molar-refractivity contribution is 7.99. The number of hydrogen-bond donors (Lipinski definition) is 1. The lowest BCUT2D eigenvalue weighted by atomic mass is 10.4. The van der Waals surface area contributed by atoms with Crippen LogP contribution in [0.25, 0.3) is 0 Å². The van der Waals surface area contributed by atoms with E-state index in [-0.39, 0.29) is 5.94 Å². The molecule has 0 aliphatic rings. The van der Waals surface area contributed by atoms with Crippen LogP contribution >= 0.6 is 11.8 Å². The van der Waals surface area contributed by atoms with E-state index in [2.05, 4.69) is 9.72 Å². The third-order valence-corrected chi connectivity index (χ3v) is 2.24. The Morgan fingerprint density at radius 3 is 2.80 bits per heavy atom. The van der Waals surface area contributed by atoms with Crippen LogP contribution in [0.5, 0.6) is 0 Å². The van der Waals surface area contributed by atoms with E-state index in [1.165, 1.54) is 6.20 Å². The van der Waals surface area contributed by atoms with Crippen molar-refractivity contribution in [3.05, 3.63) is 18.3 Å². The summed E-state index contributed by atoms with van der Waals surface area (Å²) in [6.45, 7) is -1.26. The molecule has 1 heterocycles. The molecule has 7 heteroatoms. The second-order valence-corrected chi connectivity index (χ2v) is 3.53. The van der Waals surface area contributed by atoms with Gasteiger partial charge in [0.1, 0.15) is 11.6 Å². The zero-order valence-corrected chi connectivity index (χ0v) is 8.44. The molecule has 1 rings (SSSR count). The number of aromatic nitrogens is 1. The predicted octanol–water partition coefficient (Wildman–Crippen LogP) is 2.29. The first kappa shape index (κ1) is 12.1. The molecule has 15 heavy (non-hydrogen) atoms. The Hall–Kier alpha value is -0.950. The summed E-state index contributed by atoms with van der Waals surface area (Å²) in [5, 5.41) is 0.472. The van der Waals surface area contributed by atoms with Gasteiger partial charge in [-0.05, 0) is 12.1 Å². The summed E-state index contributed by atoms with van der Waals surface area (Å²) in [5.74, 6) is -0.124. The summed E-state index contributed by atoms with van der Waals surface area (Å²) in [7, 11) is 0. The monoisotopic (exact) mass is 238 g/mol. The molecule has 1 aromatic rings. The highest BCUT2D eigenvalue weighted by Crippen LogP contribution is 2.22. The molecule has 0 unspecified atom stereocenters. The molecule has 0 aromatic carbocycles. The average molecular weight is 238 g/mol. The van der Waals surface area contributed by atoms with Crippen molar-refractivity contribution in [1.82, 2.24) is 4.98 Å². The maximum absolute atomic E-state index is 11.7. The minimum atomic E-state index is -4.30. The Bertz CT molecular complexity index is 319. The first-order valence-electron chi connectivity index (χ1n) is 3.97. The van der Waals surface area contributed by atoms with Gasteiger partial charge in [-0.15, -0.1) is 0 Å². The predicted molar refractivity (Wildman–Crippen MR) is 51.4 cm³/mol. The van der Waals surface area contributed by atoms with Crippen molar-refractivity contribution in [3.8, 4) is 0 Å². The highest BCUT2D eigenvalue weighted by atomic mass is 32.2. The summed E-state index contributed by atoms with van der Waals surface area (Å²) in [6.07, 6.45) is -2.78. The van der Waals surface area contributed by atoms with E-state index < -0.39 is 12.8 Å². The third-order valence-electron chi connectivity index (χ3n) is 1.35. The van der Waals surface area contributed by atoms with E-state index in [0.29, 0.717) is 10.7 Å². The number of nitrogens with zero attached hydrogens (tertiary/aromatic N) is 1. The molecular weight excluding hydrogens is 229 g/mol. The van der Waals surface area contributed by atoms with Crippen molar-refractivity contribution in [2.75, 3.05) is 18.3 Å². The molecule has 0 fully saturated rings. The van der Waals surface area contributed by atoms with E-state index in [1.807, 2.05) is 0 Å². The standard InChI is InChI=1S/C8H9F3N2OS/c9-8(10,11)4-14-5-15-7-6(12)2-1-3-13-7/h1-3H,4-5,12H2. The molecule has 0 spiro atoms. The van der Waals surface area contributed by atoms with Gasteiger partial charge < -0.3 is 10.5 Å². The minimum absolute atomic E-state index is 0.124. The lowest BCUT2D eigenvalue weighted by molar-refractivity contribution is -0.168. The van der Waals surface area contributed by atoms with E-state index in [4.69, 9.17) is 5.73 Å². The topological polar surface area (TPSA) is 48.1 Å². The van der Waals surface area contributed by atoms with Gasteiger partial charge in [0, 0.05) is 6.20 Å². The summed E-state index contributed by atoms with van der Waals surface area (Å²) < 4.78 is 39.5. The van der Waals surface area contributed by atoms with Crippen molar-refractivity contribution in [2.24, 2.45) is 0 Å². The summed E-state index contributed by atoms with van der Waals surface area (Å²) in [6, 6.07) is 3.27. The summed E-state index contributed by atoms with van der Waals surface area (Å²) >= 11 is 1.03. The van der Waals surface area contributed by atoms with Crippen molar-refractivity contribution in [3.63, 3.8) is 0 Å². The van der Waals surface area contributed by atoms with Gasteiger partial charge in [-0.3, -0.25) is 0 Å². The fraction of sp³-hybridized carbons (Fsp3) is 0.375. The van der Waals surface area contributed by atoms with Gasteiger partial charge in [-0.25, -0.2) is 4.98 Å².